The van der Waals surface area contributed by atoms with E-state index < -0.39 is 71.5 Å². The van der Waals surface area contributed by atoms with Crippen molar-refractivity contribution in [3.63, 3.8) is 0 Å². The van der Waals surface area contributed by atoms with Crippen molar-refractivity contribution >= 4 is 35.6 Å². The van der Waals surface area contributed by atoms with Gasteiger partial charge in [-0.2, -0.15) is 5.10 Å². The number of ether oxygens (including phenoxy) is 5. The summed E-state index contributed by atoms with van der Waals surface area (Å²) in [4.78, 5) is 55.2. The number of carbonyl (C=O) groups is 3. The van der Waals surface area contributed by atoms with Crippen molar-refractivity contribution in [1.29, 1.82) is 0 Å². The molecule has 1 aromatic rings. The van der Waals surface area contributed by atoms with Crippen LogP contribution in [0.15, 0.2) is 34.5 Å². The number of carbonyl (C=O) groups excluding carboxylic acids is 3. The molecule has 2 N–H and O–H groups in total. The zero-order chi connectivity index (χ0) is 44.9. The van der Waals surface area contributed by atoms with Crippen molar-refractivity contribution in [2.75, 3.05) is 39.2 Å². The second kappa shape index (κ2) is 20.3. The SMILES string of the molecule is CC[C@@H]1OC(=O)[C@H](C)C(=O)[C@H](C)[C@@H](O[C@@H]2O[C@H](C)C[C@H](N(C)C)[C@H]2O)[C@@](C)(OCC#CC2CCC(C/C=N/Nc3ccccn3)C2)C[C@@H](C)C2=NCCN3C(=O)O[C@@]1(C)[C@H]3[C@@H]2C. The molecule has 5 aliphatic rings. The van der Waals surface area contributed by atoms with Crippen molar-refractivity contribution in [2.24, 2.45) is 45.6 Å². The molecule has 5 heterocycles. The summed E-state index contributed by atoms with van der Waals surface area (Å²) in [6, 6.07) is 4.89. The summed E-state index contributed by atoms with van der Waals surface area (Å²) in [7, 11) is 3.82. The van der Waals surface area contributed by atoms with Gasteiger partial charge in [0, 0.05) is 48.5 Å². The predicted molar refractivity (Wildman–Crippen MR) is 235 cm³/mol. The highest BCUT2D eigenvalue weighted by molar-refractivity contribution is 6.00. The number of aromatic nitrogens is 1. The molecule has 2 unspecified atom stereocenters. The molecule has 62 heavy (non-hydrogen) atoms. The molecule has 15 nitrogen and oxygen atoms in total. The van der Waals surface area contributed by atoms with Crippen molar-refractivity contribution in [1.82, 2.24) is 14.8 Å². The van der Waals surface area contributed by atoms with Gasteiger partial charge in [0.15, 0.2) is 17.7 Å². The quantitative estimate of drug-likeness (QED) is 0.0961. The number of hydrogen-bond acceptors (Lipinski definition) is 14. The first-order valence-electron chi connectivity index (χ1n) is 22.7. The Morgan fingerprint density at radius 2 is 1.87 bits per heavy atom. The fraction of sp³-hybridized carbons (Fsp3) is 0.745. The molecule has 342 valence electrons. The third-order valence-corrected chi connectivity index (χ3v) is 14.1. The molecule has 0 aromatic carbocycles. The second-order valence-corrected chi connectivity index (χ2v) is 18.9. The molecule has 2 bridgehead atoms. The van der Waals surface area contributed by atoms with Crippen LogP contribution in [0.2, 0.25) is 0 Å². The Morgan fingerprint density at radius 3 is 2.58 bits per heavy atom. The lowest BCUT2D eigenvalue weighted by Crippen LogP contribution is -2.60. The lowest BCUT2D eigenvalue weighted by Gasteiger charge is -2.47. The minimum absolute atomic E-state index is 0.0556. The van der Waals surface area contributed by atoms with Gasteiger partial charge in [-0.3, -0.25) is 24.9 Å². The molecule has 6 rings (SSSR count). The summed E-state index contributed by atoms with van der Waals surface area (Å²) in [6.07, 6.45) is 4.08. The van der Waals surface area contributed by atoms with Crippen LogP contribution in [0.1, 0.15) is 100 Å². The molecule has 1 aromatic heterocycles. The molecule has 4 aliphatic heterocycles. The number of aliphatic imine (C=N–C) groups is 1. The Morgan fingerprint density at radius 1 is 1.10 bits per heavy atom. The number of fused-ring (bicyclic) bond motifs is 1. The van der Waals surface area contributed by atoms with Crippen molar-refractivity contribution < 1.29 is 43.2 Å². The van der Waals surface area contributed by atoms with Gasteiger partial charge in [-0.05, 0) is 111 Å². The van der Waals surface area contributed by atoms with E-state index in [1.54, 1.807) is 24.9 Å². The number of cyclic esters (lactones) is 1. The van der Waals surface area contributed by atoms with Gasteiger partial charge in [0.25, 0.3) is 0 Å². The number of pyridine rings is 1. The van der Waals surface area contributed by atoms with Gasteiger partial charge in [-0.25, -0.2) is 9.78 Å². The number of aliphatic hydroxyl groups excluding tert-OH is 1. The molecule has 4 fully saturated rings. The average molecular weight is 863 g/mol. The van der Waals surface area contributed by atoms with E-state index in [1.807, 2.05) is 71.1 Å². The van der Waals surface area contributed by atoms with Gasteiger partial charge < -0.3 is 33.7 Å². The van der Waals surface area contributed by atoms with Gasteiger partial charge in [-0.1, -0.05) is 45.6 Å². The molecule has 1 saturated carbocycles. The largest absolute Gasteiger partial charge is 0.458 e. The number of aliphatic hydroxyl groups is 1. The molecule has 1 aliphatic carbocycles. The van der Waals surface area contributed by atoms with Gasteiger partial charge in [0.1, 0.15) is 30.6 Å². The summed E-state index contributed by atoms with van der Waals surface area (Å²) in [5.74, 6) is 4.41. The zero-order valence-corrected chi connectivity index (χ0v) is 38.4. The fourth-order valence-corrected chi connectivity index (χ4v) is 10.8. The van der Waals surface area contributed by atoms with Crippen LogP contribution >= 0.6 is 0 Å². The number of esters is 1. The molecular weight excluding hydrogens is 793 g/mol. The maximum atomic E-state index is 14.6. The standard InChI is InChI=1S/C47H70N6O9/c1-11-36-47(8)41-30(4)38(49-22-23-53(41)45(57)62-47)28(2)27-46(7,58-24-14-15-33-17-18-34(26-33)19-21-50-51-37-16-12-13-20-48-37)42(31(5)39(54)32(6)43(56)60-36)61-44-40(55)35(52(9)10)25-29(3)59-44/h12-13,16,20-21,28-36,40-42,44,55H,11,17-19,22-27H2,1-10H3,(H,48,51)/b50-21+/t28-,29-,30-,31+,32-,33?,34?,35+,36+,40-,41-,42-,44+,46+,47-/m1/s1. The first-order valence-corrected chi connectivity index (χ1v) is 22.7. The van der Waals surface area contributed by atoms with Crippen LogP contribution in [0.3, 0.4) is 0 Å². The Kier molecular flexibility index (Phi) is 15.5. The van der Waals surface area contributed by atoms with Gasteiger partial charge in [-0.15, -0.1) is 0 Å². The van der Waals surface area contributed by atoms with E-state index in [9.17, 15) is 19.5 Å². The van der Waals surface area contributed by atoms with E-state index in [1.165, 1.54) is 0 Å². The van der Waals surface area contributed by atoms with E-state index in [0.29, 0.717) is 44.1 Å². The topological polar surface area (TPSA) is 174 Å². The number of hydrogen-bond donors (Lipinski definition) is 2. The molecule has 3 saturated heterocycles. The molecular formula is C47H70N6O9. The van der Waals surface area contributed by atoms with Crippen molar-refractivity contribution in [2.45, 2.75) is 154 Å². The third-order valence-electron chi connectivity index (χ3n) is 14.1. The lowest BCUT2D eigenvalue weighted by atomic mass is 9.73. The van der Waals surface area contributed by atoms with Crippen LogP contribution in [0.4, 0.5) is 10.6 Å². The number of hydrazone groups is 1. The van der Waals surface area contributed by atoms with Crippen LogP contribution in [-0.2, 0) is 33.3 Å². The maximum Gasteiger partial charge on any atom is 0.410 e. The van der Waals surface area contributed by atoms with Crippen LogP contribution in [-0.4, -0.2) is 137 Å². The number of nitrogens with one attached hydrogen (secondary N) is 1. The van der Waals surface area contributed by atoms with Crippen LogP contribution in [0, 0.1) is 47.3 Å². The summed E-state index contributed by atoms with van der Waals surface area (Å²) in [6.45, 7) is 15.8. The predicted octanol–water partition coefficient (Wildman–Crippen LogP) is 5.75. The van der Waals surface area contributed by atoms with Gasteiger partial charge in [0.05, 0.1) is 30.4 Å². The highest BCUT2D eigenvalue weighted by Gasteiger charge is 2.60. The monoisotopic (exact) mass is 863 g/mol. The molecule has 0 spiro atoms. The number of amides is 1. The normalized spacial score (nSPS) is 39.4. The molecule has 15 heteroatoms. The Hall–Kier alpha value is -3.94. The number of likely N-dealkylation sites (N-methyl/N-ethyl adjacent to an activating group) is 1. The molecule has 15 atom stereocenters. The van der Waals surface area contributed by atoms with Crippen LogP contribution in [0.25, 0.3) is 0 Å². The fourth-order valence-electron chi connectivity index (χ4n) is 10.8. The highest BCUT2D eigenvalue weighted by atomic mass is 16.7. The second-order valence-electron chi connectivity index (χ2n) is 18.9. The smallest absolute Gasteiger partial charge is 0.410 e. The summed E-state index contributed by atoms with van der Waals surface area (Å²) >= 11 is 0. The average Bonchev–Trinajstić information content (AvgIpc) is 3.74. The molecule has 1 amide bonds. The molecule has 0 radical (unpaired) electrons. The minimum Gasteiger partial charge on any atom is -0.458 e. The number of ketones is 1. The zero-order valence-electron chi connectivity index (χ0n) is 38.4. The van der Waals surface area contributed by atoms with Gasteiger partial charge >= 0.3 is 12.1 Å². The summed E-state index contributed by atoms with van der Waals surface area (Å²) < 4.78 is 32.4. The Labute approximate surface area is 368 Å². The van der Waals surface area contributed by atoms with E-state index >= 15 is 0 Å². The summed E-state index contributed by atoms with van der Waals surface area (Å²) in [5.41, 5.74) is 1.45. The first kappa shape index (κ1) is 47.5. The number of nitrogens with zero attached hydrogens (tertiary/aromatic N) is 5. The Balaban J connectivity index is 1.31. The third kappa shape index (κ3) is 10.4. The van der Waals surface area contributed by atoms with Crippen molar-refractivity contribution in [3.8, 4) is 11.8 Å². The lowest BCUT2D eigenvalue weighted by molar-refractivity contribution is -0.296. The van der Waals surface area contributed by atoms with Crippen LogP contribution in [0.5, 0.6) is 0 Å². The van der Waals surface area contributed by atoms with E-state index in [-0.39, 0.29) is 36.5 Å². The van der Waals surface area contributed by atoms with E-state index in [0.717, 1.165) is 31.4 Å². The van der Waals surface area contributed by atoms with E-state index in [2.05, 4.69) is 41.2 Å². The highest BCUT2D eigenvalue weighted by Crippen LogP contribution is 2.44. The number of rotatable bonds is 10. The number of anilines is 1. The first-order chi connectivity index (χ1) is 29.5. The van der Waals surface area contributed by atoms with Crippen molar-refractivity contribution in [3.05, 3.63) is 24.4 Å². The maximum absolute atomic E-state index is 14.6. The van der Waals surface area contributed by atoms with Gasteiger partial charge in [0.2, 0.25) is 0 Å². The Bertz CT molecular complexity index is 1850. The van der Waals surface area contributed by atoms with E-state index in [4.69, 9.17) is 28.7 Å². The summed E-state index contributed by atoms with van der Waals surface area (Å²) in [5, 5.41) is 16.1. The van der Waals surface area contributed by atoms with Crippen LogP contribution < -0.4 is 5.43 Å². The minimum atomic E-state index is -1.21. The number of Topliss-reactive ketones (excluding diaryl/α,β-unsaturated/α-hetero) is 1.